The van der Waals surface area contributed by atoms with Crippen LogP contribution in [0, 0.1) is 11.8 Å². The predicted molar refractivity (Wildman–Crippen MR) is 83.9 cm³/mol. The summed E-state index contributed by atoms with van der Waals surface area (Å²) in [5.41, 5.74) is 4.53. The van der Waals surface area contributed by atoms with Crippen LogP contribution in [-0.4, -0.2) is 25.9 Å². The van der Waals surface area contributed by atoms with Gasteiger partial charge in [-0.2, -0.15) is 5.10 Å². The van der Waals surface area contributed by atoms with Gasteiger partial charge in [-0.1, -0.05) is 12.0 Å². The Labute approximate surface area is 129 Å². The van der Waals surface area contributed by atoms with Crippen LogP contribution in [0.2, 0.25) is 0 Å². The molecule has 2 heterocycles. The lowest BCUT2D eigenvalue weighted by molar-refractivity contribution is 0.110. The molecule has 4 rings (SSSR count). The average molecular weight is 291 g/mol. The van der Waals surface area contributed by atoms with Crippen LogP contribution >= 0.6 is 0 Å². The summed E-state index contributed by atoms with van der Waals surface area (Å²) in [6.07, 6.45) is 12.3. The Kier molecular flexibility index (Phi) is 3.09. The topological polar surface area (TPSA) is 61.8 Å². The number of fused-ring (bicyclic) bond motifs is 1. The van der Waals surface area contributed by atoms with Crippen LogP contribution in [0.1, 0.15) is 48.1 Å². The lowest BCUT2D eigenvalue weighted by Gasteiger charge is -2.12. The van der Waals surface area contributed by atoms with Gasteiger partial charge in [0.15, 0.2) is 0 Å². The molecule has 2 aliphatic rings. The molecule has 2 aliphatic carbocycles. The van der Waals surface area contributed by atoms with Gasteiger partial charge in [0.1, 0.15) is 11.3 Å². The lowest BCUT2D eigenvalue weighted by Crippen LogP contribution is -2.20. The molecule has 0 aromatic carbocycles. The number of allylic oxidation sites excluding steroid dienone is 1. The minimum atomic E-state index is -0.816. The summed E-state index contributed by atoms with van der Waals surface area (Å²) in [5, 5.41) is 17.2. The van der Waals surface area contributed by atoms with Crippen molar-refractivity contribution in [3.05, 3.63) is 53.1 Å². The minimum absolute atomic E-state index is 0.718. The van der Waals surface area contributed by atoms with Crippen molar-refractivity contribution in [1.82, 2.24) is 15.2 Å². The maximum atomic E-state index is 10.3. The fourth-order valence-corrected chi connectivity index (χ4v) is 3.22. The summed E-state index contributed by atoms with van der Waals surface area (Å²) >= 11 is 0. The zero-order valence-corrected chi connectivity index (χ0v) is 12.3. The Hall–Kier alpha value is -2.38. The van der Waals surface area contributed by atoms with E-state index in [2.05, 4.69) is 33.1 Å². The third-order valence-corrected chi connectivity index (χ3v) is 4.47. The maximum Gasteiger partial charge on any atom is 0.125 e. The molecular weight excluding hydrogens is 274 g/mol. The Bertz CT molecular complexity index is 787. The van der Waals surface area contributed by atoms with Crippen molar-refractivity contribution < 1.29 is 5.11 Å². The van der Waals surface area contributed by atoms with Crippen molar-refractivity contribution in [2.24, 2.45) is 0 Å². The van der Waals surface area contributed by atoms with Crippen molar-refractivity contribution in [3.8, 4) is 11.8 Å². The number of pyridine rings is 1. The molecule has 110 valence electrons. The third-order valence-electron chi connectivity index (χ3n) is 4.47. The highest BCUT2D eigenvalue weighted by molar-refractivity contribution is 5.84. The molecule has 2 N–H and O–H groups in total. The van der Waals surface area contributed by atoms with Crippen LogP contribution < -0.4 is 0 Å². The molecule has 1 saturated carbocycles. The summed E-state index contributed by atoms with van der Waals surface area (Å²) in [7, 11) is 0. The fraction of sp³-hybridized carbons (Fsp3) is 0.333. The van der Waals surface area contributed by atoms with E-state index in [1.54, 1.807) is 0 Å². The summed E-state index contributed by atoms with van der Waals surface area (Å²) in [4.78, 5) is 4.42. The second-order valence-corrected chi connectivity index (χ2v) is 6.02. The van der Waals surface area contributed by atoms with Gasteiger partial charge in [0, 0.05) is 18.0 Å². The number of nitrogens with one attached hydrogen (secondary N) is 1. The average Bonchev–Trinajstić information content (AvgIpc) is 3.25. The van der Waals surface area contributed by atoms with Crippen LogP contribution in [0.5, 0.6) is 0 Å². The number of hydrogen-bond donors (Lipinski definition) is 2. The highest BCUT2D eigenvalue weighted by Crippen LogP contribution is 2.32. The number of rotatable bonds is 1. The Balaban J connectivity index is 1.66. The Morgan fingerprint density at radius 1 is 1.23 bits per heavy atom. The number of nitrogens with zero attached hydrogens (tertiary/aromatic N) is 2. The van der Waals surface area contributed by atoms with E-state index >= 15 is 0 Å². The highest BCUT2D eigenvalue weighted by atomic mass is 16.3. The standard InChI is InChI=1S/C18H17N3O/c22-18(6-1-2-7-18)8-5-15-9-17-13(10-19-15)3-4-16(17)14-11-20-21-12-14/h4,9-12,22H,1-3,6-7H2,(H,20,21). The summed E-state index contributed by atoms with van der Waals surface area (Å²) in [6, 6.07) is 2.02. The van der Waals surface area contributed by atoms with E-state index in [1.807, 2.05) is 24.7 Å². The van der Waals surface area contributed by atoms with Gasteiger partial charge in [-0.15, -0.1) is 0 Å². The molecule has 0 radical (unpaired) electrons. The Morgan fingerprint density at radius 2 is 2.09 bits per heavy atom. The molecule has 0 bridgehead atoms. The second-order valence-electron chi connectivity index (χ2n) is 6.02. The van der Waals surface area contributed by atoms with Crippen LogP contribution in [0.3, 0.4) is 0 Å². The third kappa shape index (κ3) is 2.34. The summed E-state index contributed by atoms with van der Waals surface area (Å²) < 4.78 is 0. The van der Waals surface area contributed by atoms with Gasteiger partial charge in [0.05, 0.1) is 6.20 Å². The van der Waals surface area contributed by atoms with E-state index in [0.717, 1.165) is 43.4 Å². The first kappa shape index (κ1) is 13.3. The molecule has 0 aliphatic heterocycles. The SMILES string of the molecule is OC1(C#Cc2cc3c(cn2)CC=C3c2cn[nH]c2)CCCC1. The van der Waals surface area contributed by atoms with Crippen LogP contribution in [0.4, 0.5) is 0 Å². The fourth-order valence-electron chi connectivity index (χ4n) is 3.22. The van der Waals surface area contributed by atoms with Gasteiger partial charge in [-0.25, -0.2) is 4.98 Å². The van der Waals surface area contributed by atoms with E-state index in [9.17, 15) is 5.11 Å². The molecule has 1 fully saturated rings. The van der Waals surface area contributed by atoms with Crippen molar-refractivity contribution >= 4 is 5.57 Å². The highest BCUT2D eigenvalue weighted by Gasteiger charge is 2.28. The zero-order valence-electron chi connectivity index (χ0n) is 12.3. The smallest absolute Gasteiger partial charge is 0.125 e. The normalized spacial score (nSPS) is 18.5. The molecule has 4 heteroatoms. The van der Waals surface area contributed by atoms with Crippen LogP contribution in [0.25, 0.3) is 5.57 Å². The Morgan fingerprint density at radius 3 is 2.86 bits per heavy atom. The number of aliphatic hydroxyl groups is 1. The number of H-pyrrole nitrogens is 1. The van der Waals surface area contributed by atoms with Gasteiger partial charge in [0.25, 0.3) is 0 Å². The van der Waals surface area contributed by atoms with Crippen molar-refractivity contribution in [1.29, 1.82) is 0 Å². The first-order valence-electron chi connectivity index (χ1n) is 7.68. The first-order valence-corrected chi connectivity index (χ1v) is 7.68. The van der Waals surface area contributed by atoms with E-state index in [-0.39, 0.29) is 0 Å². The molecule has 22 heavy (non-hydrogen) atoms. The van der Waals surface area contributed by atoms with Crippen molar-refractivity contribution in [3.63, 3.8) is 0 Å². The maximum absolute atomic E-state index is 10.3. The summed E-state index contributed by atoms with van der Waals surface area (Å²) in [6.45, 7) is 0. The lowest BCUT2D eigenvalue weighted by atomic mass is 10.0. The molecule has 0 spiro atoms. The second kappa shape index (κ2) is 5.11. The number of aromatic amines is 1. The quantitative estimate of drug-likeness (QED) is 0.793. The minimum Gasteiger partial charge on any atom is -0.378 e. The largest absolute Gasteiger partial charge is 0.378 e. The van der Waals surface area contributed by atoms with Crippen molar-refractivity contribution in [2.45, 2.75) is 37.7 Å². The van der Waals surface area contributed by atoms with Gasteiger partial charge >= 0.3 is 0 Å². The molecule has 0 saturated heterocycles. The molecular formula is C18H17N3O. The molecule has 2 aromatic rings. The molecule has 0 atom stereocenters. The molecule has 4 nitrogen and oxygen atoms in total. The van der Waals surface area contributed by atoms with Crippen molar-refractivity contribution in [2.75, 3.05) is 0 Å². The van der Waals surface area contributed by atoms with Gasteiger partial charge in [0.2, 0.25) is 0 Å². The zero-order chi connectivity index (χ0) is 15.0. The van der Waals surface area contributed by atoms with E-state index < -0.39 is 5.60 Å². The van der Waals surface area contributed by atoms with Gasteiger partial charge in [-0.3, -0.25) is 5.10 Å². The summed E-state index contributed by atoms with van der Waals surface area (Å²) in [5.74, 6) is 6.08. The van der Waals surface area contributed by atoms with Gasteiger partial charge in [-0.05, 0) is 60.8 Å². The van der Waals surface area contributed by atoms with Crippen LogP contribution in [0.15, 0.2) is 30.7 Å². The number of hydrogen-bond acceptors (Lipinski definition) is 3. The van der Waals surface area contributed by atoms with E-state index in [4.69, 9.17) is 0 Å². The predicted octanol–water partition coefficient (Wildman–Crippen LogP) is 2.45. The monoisotopic (exact) mass is 291 g/mol. The van der Waals surface area contributed by atoms with Crippen LogP contribution in [-0.2, 0) is 6.42 Å². The molecule has 0 unspecified atom stereocenters. The van der Waals surface area contributed by atoms with E-state index in [1.165, 1.54) is 16.7 Å². The van der Waals surface area contributed by atoms with E-state index in [0.29, 0.717) is 0 Å². The molecule has 0 amide bonds. The first-order chi connectivity index (χ1) is 10.7. The molecule has 2 aromatic heterocycles. The number of aromatic nitrogens is 3. The van der Waals surface area contributed by atoms with Gasteiger partial charge < -0.3 is 5.11 Å².